The maximum atomic E-state index is 12.5. The molecule has 2 unspecified atom stereocenters. The van der Waals surface area contributed by atoms with Crippen LogP contribution in [0.25, 0.3) is 0 Å². The van der Waals surface area contributed by atoms with E-state index < -0.39 is 5.97 Å². The molecule has 1 saturated heterocycles. The van der Waals surface area contributed by atoms with Crippen molar-refractivity contribution in [2.75, 3.05) is 13.1 Å². The number of carbonyl (C=O) groups excluding carboxylic acids is 1. The summed E-state index contributed by atoms with van der Waals surface area (Å²) in [7, 11) is 0. The van der Waals surface area contributed by atoms with E-state index in [0.717, 1.165) is 23.3 Å². The lowest BCUT2D eigenvalue weighted by atomic mass is 10.0. The van der Waals surface area contributed by atoms with Gasteiger partial charge in [0, 0.05) is 19.3 Å². The van der Waals surface area contributed by atoms with Gasteiger partial charge < -0.3 is 14.7 Å². The molecule has 7 nitrogen and oxygen atoms in total. The van der Waals surface area contributed by atoms with E-state index >= 15 is 0 Å². The number of likely N-dealkylation sites (tertiary alicyclic amines) is 1. The molecule has 1 N–H and O–H groups in total. The number of hydrogen-bond donors (Lipinski definition) is 1. The summed E-state index contributed by atoms with van der Waals surface area (Å²) in [6.07, 6.45) is 3.46. The molecule has 1 aliphatic carbocycles. The quantitative estimate of drug-likeness (QED) is 0.915. The van der Waals surface area contributed by atoms with E-state index in [2.05, 4.69) is 5.10 Å². The van der Waals surface area contributed by atoms with Gasteiger partial charge in [-0.05, 0) is 55.4 Å². The molecule has 1 aromatic heterocycles. The van der Waals surface area contributed by atoms with Crippen molar-refractivity contribution >= 4 is 12.0 Å². The molecule has 0 spiro atoms. The monoisotopic (exact) mass is 355 g/mol. The van der Waals surface area contributed by atoms with Crippen molar-refractivity contribution in [3.8, 4) is 5.75 Å². The Bertz CT molecular complexity index is 833. The lowest BCUT2D eigenvalue weighted by molar-refractivity contribution is 0.0690. The summed E-state index contributed by atoms with van der Waals surface area (Å²) in [4.78, 5) is 25.2. The van der Waals surface area contributed by atoms with E-state index in [0.29, 0.717) is 24.9 Å². The topological polar surface area (TPSA) is 84.7 Å². The first-order valence-corrected chi connectivity index (χ1v) is 8.81. The number of aromatic nitrogens is 2. The van der Waals surface area contributed by atoms with Crippen LogP contribution in [0, 0.1) is 18.8 Å². The van der Waals surface area contributed by atoms with Crippen LogP contribution in [0.3, 0.4) is 0 Å². The second-order valence-electron chi connectivity index (χ2n) is 7.19. The highest BCUT2D eigenvalue weighted by atomic mass is 16.5. The van der Waals surface area contributed by atoms with E-state index in [4.69, 9.17) is 9.84 Å². The van der Waals surface area contributed by atoms with Gasteiger partial charge in [0.15, 0.2) is 5.69 Å². The molecule has 1 saturated carbocycles. The number of rotatable bonds is 3. The highest BCUT2D eigenvalue weighted by Gasteiger charge is 2.43. The van der Waals surface area contributed by atoms with Crippen LogP contribution in [0.15, 0.2) is 36.5 Å². The summed E-state index contributed by atoms with van der Waals surface area (Å²) in [5, 5.41) is 12.8. The Balaban J connectivity index is 1.35. The van der Waals surface area contributed by atoms with Crippen LogP contribution >= 0.6 is 0 Å². The fourth-order valence-corrected chi connectivity index (χ4v) is 4.07. The van der Waals surface area contributed by atoms with E-state index in [1.54, 1.807) is 4.90 Å². The molecule has 136 valence electrons. The minimum absolute atomic E-state index is 0.121. The van der Waals surface area contributed by atoms with Crippen LogP contribution in [-0.2, 0) is 0 Å². The molecule has 7 heteroatoms. The average molecular weight is 355 g/mol. The Morgan fingerprint density at radius 1 is 1.19 bits per heavy atom. The first-order valence-electron chi connectivity index (χ1n) is 8.81. The van der Waals surface area contributed by atoms with Crippen LogP contribution in [0.2, 0.25) is 0 Å². The first-order chi connectivity index (χ1) is 12.5. The van der Waals surface area contributed by atoms with Crippen LogP contribution in [0.5, 0.6) is 5.75 Å². The number of benzene rings is 1. The smallest absolute Gasteiger partial charge is 0.356 e. The predicted molar refractivity (Wildman–Crippen MR) is 93.4 cm³/mol. The average Bonchev–Trinajstić information content (AvgIpc) is 3.28. The summed E-state index contributed by atoms with van der Waals surface area (Å²) in [6, 6.07) is 9.14. The van der Waals surface area contributed by atoms with Crippen LogP contribution < -0.4 is 4.74 Å². The number of fused-ring (bicyclic) bond motifs is 1. The molecular weight excluding hydrogens is 334 g/mol. The zero-order valence-electron chi connectivity index (χ0n) is 14.5. The van der Waals surface area contributed by atoms with Gasteiger partial charge in [0.25, 0.3) is 0 Å². The summed E-state index contributed by atoms with van der Waals surface area (Å²) < 4.78 is 7.23. The molecule has 2 aliphatic rings. The van der Waals surface area contributed by atoms with E-state index in [9.17, 15) is 9.59 Å². The van der Waals surface area contributed by atoms with Gasteiger partial charge in [0.05, 0.1) is 6.10 Å². The largest absolute Gasteiger partial charge is 0.490 e. The minimum Gasteiger partial charge on any atom is -0.490 e. The van der Waals surface area contributed by atoms with Gasteiger partial charge in [0.2, 0.25) is 0 Å². The molecule has 26 heavy (non-hydrogen) atoms. The Morgan fingerprint density at radius 2 is 1.92 bits per heavy atom. The number of aromatic carboxylic acids is 1. The molecule has 2 aromatic rings. The lowest BCUT2D eigenvalue weighted by Crippen LogP contribution is -2.34. The molecule has 2 fully saturated rings. The molecule has 4 rings (SSSR count). The van der Waals surface area contributed by atoms with Gasteiger partial charge >= 0.3 is 12.0 Å². The molecule has 1 aromatic carbocycles. The number of hydrogen-bond acceptors (Lipinski definition) is 4. The van der Waals surface area contributed by atoms with Crippen molar-refractivity contribution in [1.29, 1.82) is 0 Å². The maximum Gasteiger partial charge on any atom is 0.356 e. The summed E-state index contributed by atoms with van der Waals surface area (Å²) >= 11 is 0. The maximum absolute atomic E-state index is 12.5. The highest BCUT2D eigenvalue weighted by molar-refractivity contribution is 5.86. The second-order valence-corrected chi connectivity index (χ2v) is 7.19. The third-order valence-corrected chi connectivity index (χ3v) is 5.27. The summed E-state index contributed by atoms with van der Waals surface area (Å²) in [6.45, 7) is 3.38. The first kappa shape index (κ1) is 16.6. The van der Waals surface area contributed by atoms with Gasteiger partial charge in [0.1, 0.15) is 5.75 Å². The number of carbonyl (C=O) groups is 2. The van der Waals surface area contributed by atoms with Gasteiger partial charge in [-0.15, -0.1) is 0 Å². The summed E-state index contributed by atoms with van der Waals surface area (Å²) in [5.74, 6) is 0.609. The number of ether oxygens (including phenoxy) is 1. The molecule has 1 amide bonds. The molecule has 1 aliphatic heterocycles. The Kier molecular flexibility index (Phi) is 4.14. The van der Waals surface area contributed by atoms with E-state index in [-0.39, 0.29) is 17.8 Å². The predicted octanol–water partition coefficient (Wildman–Crippen LogP) is 2.65. The highest BCUT2D eigenvalue weighted by Crippen LogP contribution is 2.40. The lowest BCUT2D eigenvalue weighted by Gasteiger charge is -2.20. The van der Waals surface area contributed by atoms with E-state index in [1.165, 1.54) is 17.8 Å². The second kappa shape index (κ2) is 6.48. The van der Waals surface area contributed by atoms with Gasteiger partial charge in [-0.25, -0.2) is 9.59 Å². The van der Waals surface area contributed by atoms with Crippen molar-refractivity contribution < 1.29 is 19.4 Å². The van der Waals surface area contributed by atoms with Crippen LogP contribution in [-0.4, -0.2) is 51.0 Å². The number of carboxylic acids is 1. The fourth-order valence-electron chi connectivity index (χ4n) is 4.07. The van der Waals surface area contributed by atoms with Crippen molar-refractivity contribution in [1.82, 2.24) is 14.7 Å². The number of amides is 1. The van der Waals surface area contributed by atoms with Gasteiger partial charge in [-0.2, -0.15) is 9.78 Å². The van der Waals surface area contributed by atoms with Crippen molar-refractivity contribution in [2.24, 2.45) is 11.8 Å². The van der Waals surface area contributed by atoms with Gasteiger partial charge in [-0.1, -0.05) is 12.1 Å². The third-order valence-electron chi connectivity index (χ3n) is 5.27. The summed E-state index contributed by atoms with van der Waals surface area (Å²) in [5.41, 5.74) is 1.06. The third kappa shape index (κ3) is 3.16. The molecule has 0 radical (unpaired) electrons. The fraction of sp³-hybridized carbons (Fsp3) is 0.421. The normalized spacial score (nSPS) is 24.5. The van der Waals surface area contributed by atoms with Crippen LogP contribution in [0.4, 0.5) is 4.79 Å². The van der Waals surface area contributed by atoms with Crippen molar-refractivity contribution in [2.45, 2.75) is 25.9 Å². The zero-order valence-corrected chi connectivity index (χ0v) is 14.5. The number of carboxylic acid groups (broad SMARTS) is 1. The molecule has 0 bridgehead atoms. The zero-order chi connectivity index (χ0) is 18.3. The molecular formula is C19H21N3O4. The van der Waals surface area contributed by atoms with Gasteiger partial charge in [-0.3, -0.25) is 0 Å². The standard InChI is InChI=1S/C19H21N3O4/c1-12-3-2-4-15(7-12)26-16-8-13-10-21(11-14(13)9-16)19(25)22-6-5-17(20-22)18(23)24/h2-7,13-14,16H,8-11H2,1H3,(H,23,24). The SMILES string of the molecule is Cc1cccc(OC2CC3CN(C(=O)n4ccc(C(=O)O)n4)CC3C2)c1. The number of aryl methyl sites for hydroxylation is 1. The van der Waals surface area contributed by atoms with E-state index in [1.807, 2.05) is 31.2 Å². The Morgan fingerprint density at radius 3 is 2.54 bits per heavy atom. The minimum atomic E-state index is -1.13. The Hall–Kier alpha value is -2.83. The van der Waals surface area contributed by atoms with Crippen molar-refractivity contribution in [3.05, 3.63) is 47.8 Å². The van der Waals surface area contributed by atoms with Crippen molar-refractivity contribution in [3.63, 3.8) is 0 Å². The van der Waals surface area contributed by atoms with Crippen LogP contribution in [0.1, 0.15) is 28.9 Å². The molecule has 2 heterocycles. The Labute approximate surface area is 151 Å². The molecule has 2 atom stereocenters. The number of nitrogens with zero attached hydrogens (tertiary/aromatic N) is 3.